The lowest BCUT2D eigenvalue weighted by Crippen LogP contribution is -2.69. The van der Waals surface area contributed by atoms with E-state index in [0.717, 1.165) is 0 Å². The summed E-state index contributed by atoms with van der Waals surface area (Å²) in [5, 5.41) is 21.3. The summed E-state index contributed by atoms with van der Waals surface area (Å²) in [7, 11) is 0. The van der Waals surface area contributed by atoms with Crippen molar-refractivity contribution in [2.75, 3.05) is 0 Å². The molecule has 6 nitrogen and oxygen atoms in total. The van der Waals surface area contributed by atoms with E-state index in [2.05, 4.69) is 0 Å². The molecule has 0 amide bonds. The molecule has 6 heteroatoms. The maximum Gasteiger partial charge on any atom is 0.346 e. The molecule has 3 fully saturated rings. The van der Waals surface area contributed by atoms with E-state index in [1.54, 1.807) is 12.2 Å². The zero-order valence-electron chi connectivity index (χ0n) is 14.7. The minimum absolute atomic E-state index is 0.00739. The number of esters is 1. The lowest BCUT2D eigenvalue weighted by molar-refractivity contribution is -0.262. The molecule has 2 aliphatic carbocycles. The zero-order chi connectivity index (χ0) is 18.1. The van der Waals surface area contributed by atoms with Gasteiger partial charge in [-0.1, -0.05) is 26.0 Å². The van der Waals surface area contributed by atoms with Crippen LogP contribution in [0.15, 0.2) is 23.5 Å². The summed E-state index contributed by atoms with van der Waals surface area (Å²) in [6, 6.07) is 0. The molecule has 1 saturated carbocycles. The Kier molecular flexibility index (Phi) is 3.48. The van der Waals surface area contributed by atoms with Crippen LogP contribution in [0.2, 0.25) is 0 Å². The van der Waals surface area contributed by atoms with Gasteiger partial charge in [0.05, 0.1) is 12.0 Å². The number of rotatable bonds is 0. The van der Waals surface area contributed by atoms with E-state index in [-0.39, 0.29) is 35.4 Å². The van der Waals surface area contributed by atoms with Crippen molar-refractivity contribution >= 4 is 11.8 Å². The van der Waals surface area contributed by atoms with Crippen molar-refractivity contribution in [2.45, 2.75) is 63.4 Å². The molecule has 5 aliphatic rings. The average Bonchev–Trinajstić information content (AvgIpc) is 2.82. The number of Topliss-reactive ketones (excluding diaryl/α,β-unsaturated/α-hetero) is 1. The summed E-state index contributed by atoms with van der Waals surface area (Å²) in [6.45, 7) is 5.62. The summed E-state index contributed by atoms with van der Waals surface area (Å²) in [4.78, 5) is 25.2. The third kappa shape index (κ3) is 2.04. The molecule has 5 bridgehead atoms. The third-order valence-corrected chi connectivity index (χ3v) is 6.67. The predicted molar refractivity (Wildman–Crippen MR) is 87.2 cm³/mol. The number of ether oxygens (including phenoxy) is 2. The smallest absolute Gasteiger partial charge is 0.346 e. The number of aliphatic hydroxyl groups is 2. The average molecular weight is 348 g/mol. The molecule has 0 aromatic heterocycles. The fourth-order valence-electron chi connectivity index (χ4n) is 4.71. The highest BCUT2D eigenvalue weighted by molar-refractivity contribution is 6.19. The Morgan fingerprint density at radius 2 is 1.88 bits per heavy atom. The number of fused-ring (bicyclic) bond motifs is 1. The van der Waals surface area contributed by atoms with E-state index in [1.807, 2.05) is 20.8 Å². The highest BCUT2D eigenvalue weighted by Crippen LogP contribution is 2.60. The second-order valence-electron chi connectivity index (χ2n) is 8.16. The molecule has 0 radical (unpaired) electrons. The molecular weight excluding hydrogens is 324 g/mol. The molecular formula is C19H24O6. The van der Waals surface area contributed by atoms with Gasteiger partial charge in [0.2, 0.25) is 0 Å². The van der Waals surface area contributed by atoms with Crippen LogP contribution in [0.1, 0.15) is 40.0 Å². The van der Waals surface area contributed by atoms with E-state index in [9.17, 15) is 19.8 Å². The van der Waals surface area contributed by atoms with Gasteiger partial charge in [-0.3, -0.25) is 4.79 Å². The van der Waals surface area contributed by atoms with Gasteiger partial charge in [-0.15, -0.1) is 0 Å². The summed E-state index contributed by atoms with van der Waals surface area (Å²) in [5.74, 6) is -1.40. The molecule has 3 aliphatic heterocycles. The zero-order valence-corrected chi connectivity index (χ0v) is 14.7. The van der Waals surface area contributed by atoms with Gasteiger partial charge in [0.25, 0.3) is 0 Å². The van der Waals surface area contributed by atoms with Crippen LogP contribution < -0.4 is 0 Å². The largest absolute Gasteiger partial charge is 0.484 e. The van der Waals surface area contributed by atoms with Gasteiger partial charge in [-0.05, 0) is 19.3 Å². The highest BCUT2D eigenvalue weighted by Gasteiger charge is 2.70. The molecule has 25 heavy (non-hydrogen) atoms. The van der Waals surface area contributed by atoms with Crippen molar-refractivity contribution in [1.29, 1.82) is 0 Å². The Balaban J connectivity index is 1.93. The second-order valence-corrected chi connectivity index (χ2v) is 8.16. The quantitative estimate of drug-likeness (QED) is 0.389. The van der Waals surface area contributed by atoms with E-state index in [4.69, 9.17) is 9.47 Å². The first kappa shape index (κ1) is 16.8. The first-order chi connectivity index (χ1) is 11.7. The minimum Gasteiger partial charge on any atom is -0.484 e. The molecule has 136 valence electrons. The van der Waals surface area contributed by atoms with Crippen LogP contribution in [0.4, 0.5) is 0 Å². The van der Waals surface area contributed by atoms with E-state index < -0.39 is 35.3 Å². The van der Waals surface area contributed by atoms with Gasteiger partial charge in [0, 0.05) is 18.8 Å². The Hall–Kier alpha value is -1.66. The lowest BCUT2D eigenvalue weighted by atomic mass is 9.59. The van der Waals surface area contributed by atoms with Gasteiger partial charge in [0.1, 0.15) is 17.3 Å². The van der Waals surface area contributed by atoms with Gasteiger partial charge >= 0.3 is 5.97 Å². The van der Waals surface area contributed by atoms with Gasteiger partial charge in [-0.2, -0.15) is 0 Å². The Bertz CT molecular complexity index is 709. The first-order valence-corrected chi connectivity index (χ1v) is 8.95. The fraction of sp³-hybridized carbons (Fsp3) is 0.684. The van der Waals surface area contributed by atoms with Crippen LogP contribution in [0.25, 0.3) is 0 Å². The topological polar surface area (TPSA) is 93.1 Å². The van der Waals surface area contributed by atoms with E-state index in [1.165, 1.54) is 0 Å². The van der Waals surface area contributed by atoms with Crippen LogP contribution in [0.5, 0.6) is 0 Å². The number of aliphatic hydroxyl groups excluding tert-OH is 2. The molecule has 0 unspecified atom stereocenters. The van der Waals surface area contributed by atoms with E-state index in [0.29, 0.717) is 12.8 Å². The normalized spacial score (nSPS) is 50.2. The number of hydrogen-bond acceptors (Lipinski definition) is 6. The summed E-state index contributed by atoms with van der Waals surface area (Å²) < 4.78 is 11.8. The van der Waals surface area contributed by atoms with Crippen molar-refractivity contribution in [1.82, 2.24) is 0 Å². The molecule has 7 atom stereocenters. The monoisotopic (exact) mass is 348 g/mol. The van der Waals surface area contributed by atoms with Gasteiger partial charge < -0.3 is 19.7 Å². The highest BCUT2D eigenvalue weighted by atomic mass is 16.6. The van der Waals surface area contributed by atoms with E-state index >= 15 is 0 Å². The van der Waals surface area contributed by atoms with Crippen LogP contribution in [0, 0.1) is 17.8 Å². The Morgan fingerprint density at radius 3 is 2.60 bits per heavy atom. The SMILES string of the molecule is C[C@@H]1CCC(=O)C2=C3O[C@]4(C)[C@H](C)C[C@@]3(OC2=O)[C@H](/C=C/[C@H]1O)[C@H]4O. The fourth-order valence-corrected chi connectivity index (χ4v) is 4.71. The van der Waals surface area contributed by atoms with Crippen LogP contribution in [-0.4, -0.2) is 45.4 Å². The number of carbonyl (C=O) groups excluding carboxylic acids is 2. The van der Waals surface area contributed by atoms with Crippen molar-refractivity contribution in [3.05, 3.63) is 23.5 Å². The molecule has 1 spiro atoms. The maximum atomic E-state index is 12.7. The van der Waals surface area contributed by atoms with Gasteiger partial charge in [-0.25, -0.2) is 4.79 Å². The summed E-state index contributed by atoms with van der Waals surface area (Å²) >= 11 is 0. The Labute approximate surface area is 146 Å². The van der Waals surface area contributed by atoms with Crippen molar-refractivity contribution in [2.24, 2.45) is 17.8 Å². The first-order valence-electron chi connectivity index (χ1n) is 8.95. The number of ketones is 1. The molecule has 0 aromatic rings. The standard InChI is InChI=1S/C19H24O6/c1-9-4-6-13(21)14-16-19(25-17(14)23)8-10(2)18(3,24-16)15(22)11(19)5-7-12(9)20/h5,7,9-12,15,20,22H,4,6,8H2,1-3H3/b7-5+/t9-,10-,11-,12-,15-,18-,19-/m1/s1. The van der Waals surface area contributed by atoms with Crippen LogP contribution in [0.3, 0.4) is 0 Å². The third-order valence-electron chi connectivity index (χ3n) is 6.67. The lowest BCUT2D eigenvalue weighted by Gasteiger charge is -2.59. The second kappa shape index (κ2) is 5.17. The number of hydrogen-bond donors (Lipinski definition) is 2. The molecule has 5 rings (SSSR count). The maximum absolute atomic E-state index is 12.7. The summed E-state index contributed by atoms with van der Waals surface area (Å²) in [5.41, 5.74) is -2.06. The van der Waals surface area contributed by atoms with Crippen LogP contribution in [-0.2, 0) is 19.1 Å². The molecule has 2 N–H and O–H groups in total. The van der Waals surface area contributed by atoms with Crippen molar-refractivity contribution < 1.29 is 29.3 Å². The predicted octanol–water partition coefficient (Wildman–Crippen LogP) is 1.26. The van der Waals surface area contributed by atoms with Crippen LogP contribution >= 0.6 is 0 Å². The van der Waals surface area contributed by atoms with Gasteiger partial charge in [0.15, 0.2) is 17.1 Å². The number of carbonyl (C=O) groups is 2. The minimum atomic E-state index is -1.15. The summed E-state index contributed by atoms with van der Waals surface area (Å²) in [6.07, 6.45) is 2.87. The molecule has 3 heterocycles. The van der Waals surface area contributed by atoms with Crippen molar-refractivity contribution in [3.8, 4) is 0 Å². The van der Waals surface area contributed by atoms with Crippen molar-refractivity contribution in [3.63, 3.8) is 0 Å². The molecule has 2 saturated heterocycles. The molecule has 0 aromatic carbocycles. The Morgan fingerprint density at radius 1 is 1.16 bits per heavy atom.